The van der Waals surface area contributed by atoms with Crippen molar-refractivity contribution in [3.8, 4) is 0 Å². The maximum Gasteiger partial charge on any atom is 0.309 e. The smallest absolute Gasteiger partial charge is 0.309 e. The van der Waals surface area contributed by atoms with Crippen LogP contribution >= 0.6 is 0 Å². The molecule has 2 heterocycles. The minimum Gasteiger partial charge on any atom is -0.466 e. The van der Waals surface area contributed by atoms with Crippen LogP contribution in [0.15, 0.2) is 5.10 Å². The van der Waals surface area contributed by atoms with E-state index >= 15 is 0 Å². The molecular weight excluding hydrogens is 274 g/mol. The molecule has 0 atom stereocenters. The SMILES string of the molecule is CCOC(=O)C1CCN(C(=O)C2=NN(C)C(=O)CC2)CC1. The van der Waals surface area contributed by atoms with E-state index in [2.05, 4.69) is 5.10 Å². The predicted molar refractivity (Wildman–Crippen MR) is 75.4 cm³/mol. The number of carbonyl (C=O) groups is 3. The highest BCUT2D eigenvalue weighted by Crippen LogP contribution is 2.20. The molecule has 1 fully saturated rings. The fourth-order valence-corrected chi connectivity index (χ4v) is 2.58. The highest BCUT2D eigenvalue weighted by atomic mass is 16.5. The largest absolute Gasteiger partial charge is 0.466 e. The summed E-state index contributed by atoms with van der Waals surface area (Å²) in [6.07, 6.45) is 1.94. The lowest BCUT2D eigenvalue weighted by Crippen LogP contribution is -2.45. The molecule has 0 aromatic carbocycles. The summed E-state index contributed by atoms with van der Waals surface area (Å²) in [6, 6.07) is 0. The fraction of sp³-hybridized carbons (Fsp3) is 0.714. The molecule has 0 aromatic heterocycles. The quantitative estimate of drug-likeness (QED) is 0.706. The van der Waals surface area contributed by atoms with Crippen LogP contribution in [0.2, 0.25) is 0 Å². The Morgan fingerprint density at radius 3 is 2.52 bits per heavy atom. The Balaban J connectivity index is 1.90. The lowest BCUT2D eigenvalue weighted by molar-refractivity contribution is -0.150. The third kappa shape index (κ3) is 3.59. The molecule has 0 N–H and O–H groups in total. The highest BCUT2D eigenvalue weighted by Gasteiger charge is 2.31. The van der Waals surface area contributed by atoms with Crippen LogP contribution in [0, 0.1) is 5.92 Å². The molecule has 2 aliphatic rings. The molecule has 1 saturated heterocycles. The number of likely N-dealkylation sites (tertiary alicyclic amines) is 1. The minimum absolute atomic E-state index is 0.0763. The summed E-state index contributed by atoms with van der Waals surface area (Å²) in [5, 5.41) is 5.26. The molecule has 0 bridgehead atoms. The summed E-state index contributed by atoms with van der Waals surface area (Å²) in [6.45, 7) is 3.22. The van der Waals surface area contributed by atoms with Gasteiger partial charge in [0.2, 0.25) is 5.91 Å². The van der Waals surface area contributed by atoms with Gasteiger partial charge in [-0.25, -0.2) is 5.01 Å². The molecule has 116 valence electrons. The Bertz CT molecular complexity index is 467. The highest BCUT2D eigenvalue weighted by molar-refractivity contribution is 6.39. The van der Waals surface area contributed by atoms with Crippen molar-refractivity contribution in [1.82, 2.24) is 9.91 Å². The Morgan fingerprint density at radius 2 is 1.95 bits per heavy atom. The molecule has 2 aliphatic heterocycles. The van der Waals surface area contributed by atoms with Gasteiger partial charge in [-0.2, -0.15) is 5.10 Å². The number of hydrogen-bond acceptors (Lipinski definition) is 5. The van der Waals surface area contributed by atoms with Gasteiger partial charge < -0.3 is 9.64 Å². The molecule has 7 heteroatoms. The van der Waals surface area contributed by atoms with Gasteiger partial charge in [0.15, 0.2) is 0 Å². The van der Waals surface area contributed by atoms with Crippen molar-refractivity contribution in [1.29, 1.82) is 0 Å². The van der Waals surface area contributed by atoms with Gasteiger partial charge in [0.1, 0.15) is 5.71 Å². The van der Waals surface area contributed by atoms with E-state index in [1.54, 1.807) is 18.9 Å². The van der Waals surface area contributed by atoms with Gasteiger partial charge in [-0.1, -0.05) is 0 Å². The molecule has 0 spiro atoms. The van der Waals surface area contributed by atoms with E-state index in [1.165, 1.54) is 5.01 Å². The van der Waals surface area contributed by atoms with E-state index in [0.717, 1.165) is 0 Å². The molecule has 0 aliphatic carbocycles. The number of esters is 1. The van der Waals surface area contributed by atoms with Crippen LogP contribution in [0.4, 0.5) is 0 Å². The van der Waals surface area contributed by atoms with E-state index in [1.807, 2.05) is 0 Å². The molecule has 0 radical (unpaired) electrons. The maximum absolute atomic E-state index is 12.3. The number of nitrogens with zero attached hydrogens (tertiary/aromatic N) is 3. The van der Waals surface area contributed by atoms with E-state index in [4.69, 9.17) is 4.74 Å². The second kappa shape index (κ2) is 6.69. The minimum atomic E-state index is -0.176. The van der Waals surface area contributed by atoms with Crippen molar-refractivity contribution >= 4 is 23.5 Å². The average Bonchev–Trinajstić information content (AvgIpc) is 2.50. The monoisotopic (exact) mass is 295 g/mol. The number of amides is 2. The third-order valence-electron chi connectivity index (χ3n) is 3.86. The second-order valence-electron chi connectivity index (χ2n) is 5.28. The molecule has 21 heavy (non-hydrogen) atoms. The molecule has 0 saturated carbocycles. The Morgan fingerprint density at radius 1 is 1.29 bits per heavy atom. The van der Waals surface area contributed by atoms with Crippen LogP contribution in [-0.4, -0.2) is 60.1 Å². The van der Waals surface area contributed by atoms with Gasteiger partial charge in [-0.15, -0.1) is 0 Å². The first-order valence-electron chi connectivity index (χ1n) is 7.33. The number of hydrazone groups is 1. The van der Waals surface area contributed by atoms with Gasteiger partial charge in [0, 0.05) is 33.0 Å². The number of piperidine rings is 1. The van der Waals surface area contributed by atoms with Gasteiger partial charge in [0.25, 0.3) is 5.91 Å². The summed E-state index contributed by atoms with van der Waals surface area (Å²) in [7, 11) is 1.56. The third-order valence-corrected chi connectivity index (χ3v) is 3.86. The summed E-state index contributed by atoms with van der Waals surface area (Å²) >= 11 is 0. The molecule has 7 nitrogen and oxygen atoms in total. The number of ether oxygens (including phenoxy) is 1. The van der Waals surface area contributed by atoms with E-state index < -0.39 is 0 Å². The molecule has 0 aromatic rings. The zero-order valence-corrected chi connectivity index (χ0v) is 12.5. The molecule has 2 rings (SSSR count). The number of carbonyl (C=O) groups excluding carboxylic acids is 3. The van der Waals surface area contributed by atoms with Crippen LogP contribution in [0.1, 0.15) is 32.6 Å². The van der Waals surface area contributed by atoms with Crippen molar-refractivity contribution in [3.63, 3.8) is 0 Å². The van der Waals surface area contributed by atoms with E-state index in [9.17, 15) is 14.4 Å². The Kier molecular flexibility index (Phi) is 4.93. The summed E-state index contributed by atoms with van der Waals surface area (Å²) in [5.74, 6) is -0.499. The van der Waals surface area contributed by atoms with E-state index in [0.29, 0.717) is 51.1 Å². The first-order chi connectivity index (χ1) is 10.0. The second-order valence-corrected chi connectivity index (χ2v) is 5.28. The van der Waals surface area contributed by atoms with Crippen molar-refractivity contribution in [2.75, 3.05) is 26.7 Å². The van der Waals surface area contributed by atoms with E-state index in [-0.39, 0.29) is 23.7 Å². The van der Waals surface area contributed by atoms with Crippen LogP contribution in [0.5, 0.6) is 0 Å². The predicted octanol–water partition coefficient (Wildman–Crippen LogP) is 0.396. The zero-order chi connectivity index (χ0) is 15.4. The summed E-state index contributed by atoms with van der Waals surface area (Å²) in [5.41, 5.74) is 0.423. The van der Waals surface area contributed by atoms with Crippen LogP contribution in [0.25, 0.3) is 0 Å². The zero-order valence-electron chi connectivity index (χ0n) is 12.5. The summed E-state index contributed by atoms with van der Waals surface area (Å²) < 4.78 is 5.01. The topological polar surface area (TPSA) is 79.3 Å². The lowest BCUT2D eigenvalue weighted by Gasteiger charge is -2.32. The van der Waals surface area contributed by atoms with Crippen LogP contribution in [0.3, 0.4) is 0 Å². The van der Waals surface area contributed by atoms with Crippen molar-refractivity contribution < 1.29 is 19.1 Å². The van der Waals surface area contributed by atoms with Crippen LogP contribution in [-0.2, 0) is 19.1 Å². The van der Waals surface area contributed by atoms with Gasteiger partial charge in [-0.3, -0.25) is 14.4 Å². The fourth-order valence-electron chi connectivity index (χ4n) is 2.58. The lowest BCUT2D eigenvalue weighted by atomic mass is 9.96. The van der Waals surface area contributed by atoms with Gasteiger partial charge in [-0.05, 0) is 19.8 Å². The Labute approximate surface area is 123 Å². The van der Waals surface area contributed by atoms with Gasteiger partial charge >= 0.3 is 5.97 Å². The molecule has 0 unspecified atom stereocenters. The maximum atomic E-state index is 12.3. The number of hydrogen-bond donors (Lipinski definition) is 0. The number of rotatable bonds is 3. The molecule has 2 amide bonds. The Hall–Kier alpha value is -1.92. The van der Waals surface area contributed by atoms with Crippen molar-refractivity contribution in [3.05, 3.63) is 0 Å². The first kappa shape index (κ1) is 15.5. The standard InChI is InChI=1S/C14H21N3O4/c1-3-21-14(20)10-6-8-17(9-7-10)13(19)11-4-5-12(18)16(2)15-11/h10H,3-9H2,1-2H3. The molecular formula is C14H21N3O4. The van der Waals surface area contributed by atoms with Crippen molar-refractivity contribution in [2.24, 2.45) is 11.0 Å². The normalized spacial score (nSPS) is 20.3. The van der Waals surface area contributed by atoms with Crippen LogP contribution < -0.4 is 0 Å². The summed E-state index contributed by atoms with van der Waals surface area (Å²) in [4.78, 5) is 37.1. The first-order valence-corrected chi connectivity index (χ1v) is 7.33. The van der Waals surface area contributed by atoms with Crippen molar-refractivity contribution in [2.45, 2.75) is 32.6 Å². The average molecular weight is 295 g/mol. The van der Waals surface area contributed by atoms with Gasteiger partial charge in [0.05, 0.1) is 12.5 Å².